The first-order valence-electron chi connectivity index (χ1n) is 9.61. The first kappa shape index (κ1) is 19.9. The average molecular weight is 387 g/mol. The molecule has 2 N–H and O–H groups in total. The average Bonchev–Trinajstić information content (AvgIpc) is 2.87. The fourth-order valence-electron chi connectivity index (χ4n) is 3.41. The van der Waals surface area contributed by atoms with Crippen LogP contribution < -0.4 is 20.3 Å². The molecule has 1 saturated heterocycles. The van der Waals surface area contributed by atoms with Crippen LogP contribution in [0.25, 0.3) is 0 Å². The molecule has 1 aromatic carbocycles. The molecule has 0 saturated carbocycles. The second kappa shape index (κ2) is 8.86. The van der Waals surface area contributed by atoms with Crippen LogP contribution in [-0.2, 0) is 14.4 Å². The lowest BCUT2D eigenvalue weighted by Gasteiger charge is -2.29. The largest absolute Gasteiger partial charge is 0.482 e. The fourth-order valence-corrected chi connectivity index (χ4v) is 3.41. The van der Waals surface area contributed by atoms with Gasteiger partial charge < -0.3 is 20.3 Å². The van der Waals surface area contributed by atoms with Gasteiger partial charge in [0.15, 0.2) is 12.4 Å². The van der Waals surface area contributed by atoms with Gasteiger partial charge in [0.05, 0.1) is 5.69 Å². The molecule has 1 atom stereocenters. The zero-order chi connectivity index (χ0) is 20.1. The van der Waals surface area contributed by atoms with Gasteiger partial charge in [-0.1, -0.05) is 0 Å². The van der Waals surface area contributed by atoms with E-state index >= 15 is 0 Å². The molecule has 8 heteroatoms. The summed E-state index contributed by atoms with van der Waals surface area (Å²) >= 11 is 0. The van der Waals surface area contributed by atoms with Gasteiger partial charge >= 0.3 is 0 Å². The van der Waals surface area contributed by atoms with Crippen LogP contribution in [-0.4, -0.2) is 49.2 Å². The number of amides is 3. The highest BCUT2D eigenvalue weighted by atomic mass is 16.5. The maximum absolute atomic E-state index is 12.3. The Kier molecular flexibility index (Phi) is 6.28. The van der Waals surface area contributed by atoms with Gasteiger partial charge in [-0.05, 0) is 50.8 Å². The van der Waals surface area contributed by atoms with E-state index < -0.39 is 6.04 Å². The van der Waals surface area contributed by atoms with Crippen molar-refractivity contribution in [2.75, 3.05) is 24.6 Å². The molecule has 2 aliphatic heterocycles. The zero-order valence-corrected chi connectivity index (χ0v) is 16.0. The lowest BCUT2D eigenvalue weighted by molar-refractivity contribution is -0.128. The van der Waals surface area contributed by atoms with E-state index in [9.17, 15) is 19.2 Å². The van der Waals surface area contributed by atoms with Crippen molar-refractivity contribution in [1.29, 1.82) is 0 Å². The van der Waals surface area contributed by atoms with Gasteiger partial charge in [0.1, 0.15) is 11.8 Å². The topological polar surface area (TPSA) is 105 Å². The smallest absolute Gasteiger partial charge is 0.265 e. The van der Waals surface area contributed by atoms with Gasteiger partial charge in [0, 0.05) is 25.1 Å². The molecule has 2 aliphatic rings. The van der Waals surface area contributed by atoms with Gasteiger partial charge in [0.2, 0.25) is 11.8 Å². The van der Waals surface area contributed by atoms with Crippen LogP contribution in [0.1, 0.15) is 49.4 Å². The van der Waals surface area contributed by atoms with Crippen LogP contribution in [0, 0.1) is 0 Å². The summed E-state index contributed by atoms with van der Waals surface area (Å²) in [6.45, 7) is 2.37. The summed E-state index contributed by atoms with van der Waals surface area (Å²) in [5.41, 5.74) is 1.05. The van der Waals surface area contributed by atoms with E-state index in [1.54, 1.807) is 23.1 Å². The lowest BCUT2D eigenvalue weighted by Crippen LogP contribution is -2.45. The number of carbonyl (C=O) groups is 4. The molecule has 1 unspecified atom stereocenters. The van der Waals surface area contributed by atoms with Crippen molar-refractivity contribution in [2.45, 2.75) is 45.1 Å². The van der Waals surface area contributed by atoms with Gasteiger partial charge in [-0.15, -0.1) is 0 Å². The summed E-state index contributed by atoms with van der Waals surface area (Å²) in [5.74, 6) is -0.108. The van der Waals surface area contributed by atoms with E-state index in [1.807, 2.05) is 0 Å². The number of benzene rings is 1. The van der Waals surface area contributed by atoms with Crippen molar-refractivity contribution in [2.24, 2.45) is 0 Å². The first-order chi connectivity index (χ1) is 13.5. The maximum Gasteiger partial charge on any atom is 0.265 e. The number of hydrogen-bond donors (Lipinski definition) is 2. The van der Waals surface area contributed by atoms with Crippen molar-refractivity contribution in [3.05, 3.63) is 23.8 Å². The molecule has 8 nitrogen and oxygen atoms in total. The summed E-state index contributed by atoms with van der Waals surface area (Å²) in [6.07, 6.45) is 3.09. The Morgan fingerprint density at radius 2 is 2.11 bits per heavy atom. The van der Waals surface area contributed by atoms with Crippen molar-refractivity contribution < 1.29 is 23.9 Å². The number of fused-ring (bicyclic) bond motifs is 1. The lowest BCUT2D eigenvalue weighted by atomic mass is 10.1. The highest BCUT2D eigenvalue weighted by Gasteiger charge is 2.27. The predicted octanol–water partition coefficient (Wildman–Crippen LogP) is 1.18. The fraction of sp³-hybridized carbons (Fsp3) is 0.500. The molecule has 0 spiro atoms. The van der Waals surface area contributed by atoms with E-state index in [4.69, 9.17) is 4.74 Å². The third kappa shape index (κ3) is 4.68. The minimum absolute atomic E-state index is 0.0686. The molecule has 28 heavy (non-hydrogen) atoms. The summed E-state index contributed by atoms with van der Waals surface area (Å²) in [4.78, 5) is 49.6. The Morgan fingerprint density at radius 3 is 2.89 bits per heavy atom. The summed E-state index contributed by atoms with van der Waals surface area (Å²) in [7, 11) is 0. The van der Waals surface area contributed by atoms with Crippen LogP contribution >= 0.6 is 0 Å². The summed E-state index contributed by atoms with van der Waals surface area (Å²) in [5, 5.41) is 5.57. The van der Waals surface area contributed by atoms with Gasteiger partial charge in [-0.3, -0.25) is 19.2 Å². The van der Waals surface area contributed by atoms with Crippen LogP contribution in [0.5, 0.6) is 5.75 Å². The molecule has 0 bridgehead atoms. The van der Waals surface area contributed by atoms with Gasteiger partial charge in [0.25, 0.3) is 5.91 Å². The van der Waals surface area contributed by atoms with Crippen LogP contribution in [0.15, 0.2) is 18.2 Å². The van der Waals surface area contributed by atoms with E-state index in [1.165, 1.54) is 6.92 Å². The van der Waals surface area contributed by atoms with Crippen LogP contribution in [0.3, 0.4) is 0 Å². The zero-order valence-electron chi connectivity index (χ0n) is 16.0. The standard InChI is InChI=1S/C20H25N3O5/c1-13(24)14-7-8-17-16(11-14)23(19(26)12-28-17)10-4-6-18(25)22-15-5-2-3-9-21-20(15)27/h7-8,11,15H,2-6,9-10,12H2,1H3,(H,21,27)(H,22,25). The van der Waals surface area contributed by atoms with E-state index in [2.05, 4.69) is 10.6 Å². The second-order valence-electron chi connectivity index (χ2n) is 7.08. The van der Waals surface area contributed by atoms with E-state index in [-0.39, 0.29) is 36.5 Å². The Bertz CT molecular complexity index is 792. The summed E-state index contributed by atoms with van der Waals surface area (Å²) < 4.78 is 5.43. The Hall–Kier alpha value is -2.90. The number of anilines is 1. The predicted molar refractivity (Wildman–Crippen MR) is 102 cm³/mol. The highest BCUT2D eigenvalue weighted by molar-refractivity contribution is 6.01. The number of nitrogens with one attached hydrogen (secondary N) is 2. The van der Waals surface area contributed by atoms with Crippen molar-refractivity contribution in [3.8, 4) is 5.75 Å². The SMILES string of the molecule is CC(=O)c1ccc2c(c1)N(CCCC(=O)NC1CCCCNC1=O)C(=O)CO2. The molecular formula is C20H25N3O5. The molecule has 1 aromatic rings. The highest BCUT2D eigenvalue weighted by Crippen LogP contribution is 2.33. The molecular weight excluding hydrogens is 362 g/mol. The maximum atomic E-state index is 12.3. The van der Waals surface area contributed by atoms with Crippen molar-refractivity contribution in [3.63, 3.8) is 0 Å². The molecule has 1 fully saturated rings. The third-order valence-corrected chi connectivity index (χ3v) is 4.96. The second-order valence-corrected chi connectivity index (χ2v) is 7.08. The minimum Gasteiger partial charge on any atom is -0.482 e. The van der Waals surface area contributed by atoms with E-state index in [0.717, 1.165) is 12.8 Å². The van der Waals surface area contributed by atoms with E-state index in [0.29, 0.717) is 42.9 Å². The number of rotatable bonds is 6. The van der Waals surface area contributed by atoms with Gasteiger partial charge in [-0.2, -0.15) is 0 Å². The third-order valence-electron chi connectivity index (χ3n) is 4.96. The Balaban J connectivity index is 1.58. The minimum atomic E-state index is -0.487. The number of ether oxygens (including phenoxy) is 1. The molecule has 0 aliphatic carbocycles. The Morgan fingerprint density at radius 1 is 1.29 bits per heavy atom. The van der Waals surface area contributed by atoms with Crippen molar-refractivity contribution >= 4 is 29.2 Å². The Labute approximate surface area is 163 Å². The van der Waals surface area contributed by atoms with Crippen LogP contribution in [0.4, 0.5) is 5.69 Å². The quantitative estimate of drug-likeness (QED) is 0.713. The summed E-state index contributed by atoms with van der Waals surface area (Å²) in [6, 6.07) is 4.51. The molecule has 3 amide bonds. The van der Waals surface area contributed by atoms with Crippen LogP contribution in [0.2, 0.25) is 0 Å². The van der Waals surface area contributed by atoms with Crippen molar-refractivity contribution in [1.82, 2.24) is 10.6 Å². The van der Waals surface area contributed by atoms with Gasteiger partial charge in [-0.25, -0.2) is 0 Å². The monoisotopic (exact) mass is 387 g/mol. The first-order valence-corrected chi connectivity index (χ1v) is 9.61. The molecule has 150 valence electrons. The molecule has 0 aromatic heterocycles. The molecule has 3 rings (SSSR count). The number of Topliss-reactive ketones (excluding diaryl/α,β-unsaturated/α-hetero) is 1. The number of hydrogen-bond acceptors (Lipinski definition) is 5. The molecule has 2 heterocycles. The number of carbonyl (C=O) groups excluding carboxylic acids is 4. The molecule has 0 radical (unpaired) electrons. The number of ketones is 1. The number of nitrogens with zero attached hydrogens (tertiary/aromatic N) is 1. The normalized spacial score (nSPS) is 19.2.